The number of benzene rings is 1. The Morgan fingerprint density at radius 1 is 1.05 bits per heavy atom. The summed E-state index contributed by atoms with van der Waals surface area (Å²) < 4.78 is 0. The first-order valence-corrected chi connectivity index (χ1v) is 7.29. The molecule has 19 heavy (non-hydrogen) atoms. The molecule has 1 saturated heterocycles. The van der Waals surface area contributed by atoms with Gasteiger partial charge in [0.15, 0.2) is 0 Å². The maximum Gasteiger partial charge on any atom is 0.0453 e. The SMILES string of the molecule is Cc1cc(C)c(C(N)C(C)N2CCNCC2)cc1C. The quantitative estimate of drug-likeness (QED) is 0.873. The number of nitrogens with zero attached hydrogens (tertiary/aromatic N) is 1. The van der Waals surface area contributed by atoms with Gasteiger partial charge in [0.25, 0.3) is 0 Å². The number of aryl methyl sites for hydroxylation is 3. The summed E-state index contributed by atoms with van der Waals surface area (Å²) in [5, 5.41) is 3.39. The van der Waals surface area contributed by atoms with E-state index >= 15 is 0 Å². The molecule has 1 aromatic rings. The lowest BCUT2D eigenvalue weighted by Gasteiger charge is -2.36. The van der Waals surface area contributed by atoms with Crippen molar-refractivity contribution in [2.75, 3.05) is 26.2 Å². The molecule has 3 N–H and O–H groups in total. The van der Waals surface area contributed by atoms with Crippen LogP contribution in [-0.4, -0.2) is 37.1 Å². The fraction of sp³-hybridized carbons (Fsp3) is 0.625. The molecule has 2 atom stereocenters. The maximum atomic E-state index is 6.53. The predicted octanol–water partition coefficient (Wildman–Crippen LogP) is 1.91. The first-order chi connectivity index (χ1) is 9.00. The smallest absolute Gasteiger partial charge is 0.0453 e. The lowest BCUT2D eigenvalue weighted by molar-refractivity contribution is 0.163. The highest BCUT2D eigenvalue weighted by molar-refractivity contribution is 5.38. The number of piperazine rings is 1. The molecule has 0 amide bonds. The van der Waals surface area contributed by atoms with Crippen molar-refractivity contribution in [2.24, 2.45) is 5.73 Å². The molecule has 0 spiro atoms. The molecule has 0 bridgehead atoms. The summed E-state index contributed by atoms with van der Waals surface area (Å²) in [6, 6.07) is 5.02. The first-order valence-electron chi connectivity index (χ1n) is 7.29. The second-order valence-corrected chi connectivity index (χ2v) is 5.85. The second-order valence-electron chi connectivity index (χ2n) is 5.85. The second kappa shape index (κ2) is 6.04. The Labute approximate surface area is 117 Å². The molecular weight excluding hydrogens is 234 g/mol. The molecule has 0 radical (unpaired) electrons. The standard InChI is InChI=1S/C16H27N3/c1-11-9-13(3)15(10-12(11)2)16(17)14(4)19-7-5-18-6-8-19/h9-10,14,16,18H,5-8,17H2,1-4H3. The van der Waals surface area contributed by atoms with Crippen molar-refractivity contribution in [3.05, 3.63) is 34.4 Å². The zero-order valence-corrected chi connectivity index (χ0v) is 12.7. The number of rotatable bonds is 3. The van der Waals surface area contributed by atoms with Crippen molar-refractivity contribution >= 4 is 0 Å². The van der Waals surface area contributed by atoms with Gasteiger partial charge < -0.3 is 11.1 Å². The molecule has 1 aromatic carbocycles. The van der Waals surface area contributed by atoms with Gasteiger partial charge in [-0.25, -0.2) is 0 Å². The van der Waals surface area contributed by atoms with E-state index in [4.69, 9.17) is 5.73 Å². The summed E-state index contributed by atoms with van der Waals surface area (Å²) in [5.41, 5.74) is 11.8. The van der Waals surface area contributed by atoms with E-state index in [1.165, 1.54) is 22.3 Å². The van der Waals surface area contributed by atoms with Crippen LogP contribution in [0.25, 0.3) is 0 Å². The van der Waals surface area contributed by atoms with E-state index in [2.05, 4.69) is 50.0 Å². The topological polar surface area (TPSA) is 41.3 Å². The molecule has 3 nitrogen and oxygen atoms in total. The molecule has 1 heterocycles. The average Bonchev–Trinajstić information content (AvgIpc) is 2.42. The van der Waals surface area contributed by atoms with Gasteiger partial charge in [0.1, 0.15) is 0 Å². The Kier molecular flexibility index (Phi) is 4.61. The Morgan fingerprint density at radius 3 is 2.26 bits per heavy atom. The van der Waals surface area contributed by atoms with Crippen molar-refractivity contribution in [1.82, 2.24) is 10.2 Å². The number of hydrogen-bond donors (Lipinski definition) is 2. The predicted molar refractivity (Wildman–Crippen MR) is 81.5 cm³/mol. The van der Waals surface area contributed by atoms with E-state index in [1.54, 1.807) is 0 Å². The number of nitrogens with two attached hydrogens (primary N) is 1. The van der Waals surface area contributed by atoms with Crippen LogP contribution in [0.2, 0.25) is 0 Å². The van der Waals surface area contributed by atoms with Gasteiger partial charge in [-0.3, -0.25) is 4.90 Å². The fourth-order valence-corrected chi connectivity index (χ4v) is 2.92. The highest BCUT2D eigenvalue weighted by Gasteiger charge is 2.24. The minimum atomic E-state index is 0.0948. The molecule has 2 rings (SSSR count). The number of hydrogen-bond acceptors (Lipinski definition) is 3. The molecule has 1 fully saturated rings. The molecule has 1 aliphatic heterocycles. The van der Waals surface area contributed by atoms with Crippen LogP contribution in [0.15, 0.2) is 12.1 Å². The van der Waals surface area contributed by atoms with Crippen LogP contribution in [0, 0.1) is 20.8 Å². The minimum Gasteiger partial charge on any atom is -0.323 e. The maximum absolute atomic E-state index is 6.53. The van der Waals surface area contributed by atoms with Crippen LogP contribution in [0.3, 0.4) is 0 Å². The minimum absolute atomic E-state index is 0.0948. The summed E-state index contributed by atoms with van der Waals surface area (Å²) in [4.78, 5) is 2.50. The van der Waals surface area contributed by atoms with Gasteiger partial charge in [-0.2, -0.15) is 0 Å². The third kappa shape index (κ3) is 3.16. The van der Waals surface area contributed by atoms with Crippen LogP contribution in [0.4, 0.5) is 0 Å². The van der Waals surface area contributed by atoms with Gasteiger partial charge in [0, 0.05) is 38.3 Å². The Morgan fingerprint density at radius 2 is 1.63 bits per heavy atom. The first kappa shape index (κ1) is 14.5. The van der Waals surface area contributed by atoms with E-state index in [9.17, 15) is 0 Å². The summed E-state index contributed by atoms with van der Waals surface area (Å²) in [5.74, 6) is 0. The highest BCUT2D eigenvalue weighted by atomic mass is 15.2. The monoisotopic (exact) mass is 261 g/mol. The molecule has 3 heteroatoms. The zero-order valence-electron chi connectivity index (χ0n) is 12.7. The van der Waals surface area contributed by atoms with Gasteiger partial charge >= 0.3 is 0 Å². The highest BCUT2D eigenvalue weighted by Crippen LogP contribution is 2.25. The summed E-state index contributed by atoms with van der Waals surface area (Å²) in [6.45, 7) is 13.1. The van der Waals surface area contributed by atoms with E-state index in [1.807, 2.05) is 0 Å². The molecule has 0 aliphatic carbocycles. The third-order valence-corrected chi connectivity index (χ3v) is 4.49. The van der Waals surface area contributed by atoms with Crippen LogP contribution < -0.4 is 11.1 Å². The molecular formula is C16H27N3. The molecule has 106 valence electrons. The molecule has 0 saturated carbocycles. The van der Waals surface area contributed by atoms with Gasteiger partial charge in [0.05, 0.1) is 0 Å². The van der Waals surface area contributed by atoms with Gasteiger partial charge in [0.2, 0.25) is 0 Å². The van der Waals surface area contributed by atoms with Gasteiger partial charge in [-0.15, -0.1) is 0 Å². The van der Waals surface area contributed by atoms with Crippen LogP contribution in [-0.2, 0) is 0 Å². The average molecular weight is 261 g/mol. The number of nitrogens with one attached hydrogen (secondary N) is 1. The van der Waals surface area contributed by atoms with Crippen molar-refractivity contribution in [2.45, 2.75) is 39.8 Å². The Hall–Kier alpha value is -0.900. The van der Waals surface area contributed by atoms with Crippen LogP contribution in [0.5, 0.6) is 0 Å². The summed E-state index contributed by atoms with van der Waals surface area (Å²) >= 11 is 0. The summed E-state index contributed by atoms with van der Waals surface area (Å²) in [6.07, 6.45) is 0. The van der Waals surface area contributed by atoms with E-state index in [0.29, 0.717) is 6.04 Å². The van der Waals surface area contributed by atoms with E-state index < -0.39 is 0 Å². The Bertz CT molecular complexity index is 436. The van der Waals surface area contributed by atoms with Crippen LogP contribution >= 0.6 is 0 Å². The van der Waals surface area contributed by atoms with Gasteiger partial charge in [-0.05, 0) is 49.9 Å². The molecule has 0 aromatic heterocycles. The third-order valence-electron chi connectivity index (χ3n) is 4.49. The summed E-state index contributed by atoms with van der Waals surface area (Å²) in [7, 11) is 0. The van der Waals surface area contributed by atoms with Crippen LogP contribution in [0.1, 0.15) is 35.2 Å². The Balaban J connectivity index is 2.18. The molecule has 2 unspecified atom stereocenters. The normalized spacial score (nSPS) is 20.3. The lowest BCUT2D eigenvalue weighted by Crippen LogP contribution is -2.50. The van der Waals surface area contributed by atoms with Crippen molar-refractivity contribution in [3.63, 3.8) is 0 Å². The van der Waals surface area contributed by atoms with Crippen molar-refractivity contribution in [3.8, 4) is 0 Å². The largest absolute Gasteiger partial charge is 0.323 e. The van der Waals surface area contributed by atoms with Crippen molar-refractivity contribution in [1.29, 1.82) is 0 Å². The zero-order chi connectivity index (χ0) is 14.0. The van der Waals surface area contributed by atoms with E-state index in [0.717, 1.165) is 26.2 Å². The molecule has 1 aliphatic rings. The van der Waals surface area contributed by atoms with E-state index in [-0.39, 0.29) is 6.04 Å². The van der Waals surface area contributed by atoms with Crippen molar-refractivity contribution < 1.29 is 0 Å². The lowest BCUT2D eigenvalue weighted by atomic mass is 9.92. The fourth-order valence-electron chi connectivity index (χ4n) is 2.92. The van der Waals surface area contributed by atoms with Gasteiger partial charge in [-0.1, -0.05) is 12.1 Å².